The number of likely N-dealkylation sites (N-methyl/N-ethyl adjacent to an activating group) is 1. The van der Waals surface area contributed by atoms with Gasteiger partial charge in [-0.1, -0.05) is 6.08 Å². The second-order valence-corrected chi connectivity index (χ2v) is 10.5. The standard InChI is InChI=1S/C27H34N4O7/c1-6-7-29-11-13-10-16(30(2)3)14-8-12-9-15-20(31(4)5)23(34)19(26(28)37)25(36)27(15,38)24(35)17(12)22(33)18(14)21(13)32/h6,10,12,15,20,29,32-33,36,38H,1,7-9,11H2,2-5H3,(H2,28,37)/t12-,15-,20-,27-/m0/s1. The van der Waals surface area contributed by atoms with Crippen molar-refractivity contribution in [3.05, 3.63) is 52.3 Å². The summed E-state index contributed by atoms with van der Waals surface area (Å²) in [5.41, 5.74) is 3.60. The molecule has 204 valence electrons. The van der Waals surface area contributed by atoms with Gasteiger partial charge < -0.3 is 36.4 Å². The van der Waals surface area contributed by atoms with Gasteiger partial charge in [0.15, 0.2) is 11.4 Å². The Morgan fingerprint density at radius 1 is 1.24 bits per heavy atom. The summed E-state index contributed by atoms with van der Waals surface area (Å²) in [5.74, 6) is -6.63. The number of hydrogen-bond acceptors (Lipinski definition) is 10. The Balaban J connectivity index is 1.96. The van der Waals surface area contributed by atoms with Crippen molar-refractivity contribution >= 4 is 28.9 Å². The fourth-order valence-electron chi connectivity index (χ4n) is 6.19. The van der Waals surface area contributed by atoms with Crippen LogP contribution in [0.3, 0.4) is 0 Å². The van der Waals surface area contributed by atoms with E-state index in [1.54, 1.807) is 20.2 Å². The van der Waals surface area contributed by atoms with Gasteiger partial charge in [0.25, 0.3) is 5.91 Å². The van der Waals surface area contributed by atoms with E-state index in [-0.39, 0.29) is 36.3 Å². The zero-order valence-electron chi connectivity index (χ0n) is 21.9. The molecule has 3 aliphatic carbocycles. The van der Waals surface area contributed by atoms with Crippen LogP contribution in [0.1, 0.15) is 23.1 Å². The number of aliphatic hydroxyl groups is 3. The second-order valence-electron chi connectivity index (χ2n) is 10.5. The molecule has 0 aromatic heterocycles. The van der Waals surface area contributed by atoms with Crippen molar-refractivity contribution in [1.82, 2.24) is 10.2 Å². The highest BCUT2D eigenvalue weighted by atomic mass is 16.3. The van der Waals surface area contributed by atoms with Crippen LogP contribution in [0.25, 0.3) is 5.76 Å². The number of rotatable bonds is 7. The number of primary amides is 1. The molecule has 0 heterocycles. The van der Waals surface area contributed by atoms with Crippen LogP contribution in [0, 0.1) is 11.8 Å². The number of anilines is 1. The molecule has 4 rings (SSSR count). The maximum atomic E-state index is 14.0. The molecule has 1 saturated carbocycles. The topological polar surface area (TPSA) is 177 Å². The SMILES string of the molecule is C=CCNCc1cc(N(C)C)c2c(c1O)C(O)=C1C(=O)[C@]3(O)C(O)=C(C(N)=O)C(=O)[C@@H](N(C)C)[C@@H]3C[C@@H]1C2. The highest BCUT2D eigenvalue weighted by Crippen LogP contribution is 2.54. The molecule has 0 radical (unpaired) electrons. The first-order valence-corrected chi connectivity index (χ1v) is 12.3. The molecule has 7 N–H and O–H groups in total. The summed E-state index contributed by atoms with van der Waals surface area (Å²) in [4.78, 5) is 42.6. The zero-order valence-corrected chi connectivity index (χ0v) is 21.9. The maximum absolute atomic E-state index is 14.0. The minimum absolute atomic E-state index is 0.0437. The van der Waals surface area contributed by atoms with Crippen molar-refractivity contribution in [1.29, 1.82) is 0 Å². The summed E-state index contributed by atoms with van der Waals surface area (Å²) < 4.78 is 0. The molecule has 11 nitrogen and oxygen atoms in total. The number of aliphatic hydroxyl groups excluding tert-OH is 2. The Kier molecular flexibility index (Phi) is 6.89. The number of phenolic OH excluding ortho intramolecular Hbond substituents is 1. The number of hydrogen-bond donors (Lipinski definition) is 6. The zero-order chi connectivity index (χ0) is 28.3. The van der Waals surface area contributed by atoms with E-state index in [1.165, 1.54) is 4.90 Å². The smallest absolute Gasteiger partial charge is 0.255 e. The van der Waals surface area contributed by atoms with Gasteiger partial charge in [0.1, 0.15) is 22.8 Å². The number of carbonyl (C=O) groups excluding carboxylic acids is 3. The molecular formula is C27H34N4O7. The summed E-state index contributed by atoms with van der Waals surface area (Å²) in [6.45, 7) is 4.40. The van der Waals surface area contributed by atoms with E-state index < -0.39 is 58.0 Å². The largest absolute Gasteiger partial charge is 0.508 e. The molecule has 1 aromatic rings. The monoisotopic (exact) mass is 526 g/mol. The molecule has 0 spiro atoms. The molecular weight excluding hydrogens is 492 g/mol. The Morgan fingerprint density at radius 2 is 1.89 bits per heavy atom. The highest BCUT2D eigenvalue weighted by Gasteiger charge is 2.64. The number of Topliss-reactive ketones (excluding diaryl/α,β-unsaturated/α-hetero) is 2. The van der Waals surface area contributed by atoms with E-state index in [9.17, 15) is 34.8 Å². The first-order valence-electron chi connectivity index (χ1n) is 12.3. The Bertz CT molecular complexity index is 1310. The summed E-state index contributed by atoms with van der Waals surface area (Å²) in [6, 6.07) is 0.691. The maximum Gasteiger partial charge on any atom is 0.255 e. The number of fused-ring (bicyclic) bond motifs is 3. The minimum Gasteiger partial charge on any atom is -0.508 e. The van der Waals surface area contributed by atoms with Crippen molar-refractivity contribution in [3.8, 4) is 5.75 Å². The lowest BCUT2D eigenvalue weighted by atomic mass is 9.57. The van der Waals surface area contributed by atoms with Crippen LogP contribution < -0.4 is 16.0 Å². The number of carbonyl (C=O) groups is 3. The van der Waals surface area contributed by atoms with Crippen LogP contribution >= 0.6 is 0 Å². The van der Waals surface area contributed by atoms with Gasteiger partial charge >= 0.3 is 0 Å². The number of aromatic hydroxyl groups is 1. The normalized spacial score (nSPS) is 26.7. The summed E-state index contributed by atoms with van der Waals surface area (Å²) >= 11 is 0. The average Bonchev–Trinajstić information content (AvgIpc) is 2.82. The fraction of sp³-hybridized carbons (Fsp3) is 0.444. The average molecular weight is 527 g/mol. The van der Waals surface area contributed by atoms with Crippen molar-refractivity contribution in [3.63, 3.8) is 0 Å². The molecule has 0 saturated heterocycles. The molecule has 11 heteroatoms. The predicted molar refractivity (Wildman–Crippen MR) is 140 cm³/mol. The van der Waals surface area contributed by atoms with Gasteiger partial charge in [-0.15, -0.1) is 6.58 Å². The molecule has 1 amide bonds. The van der Waals surface area contributed by atoms with Gasteiger partial charge in [-0.25, -0.2) is 0 Å². The van der Waals surface area contributed by atoms with Gasteiger partial charge in [-0.3, -0.25) is 19.3 Å². The van der Waals surface area contributed by atoms with Gasteiger partial charge in [0.05, 0.1) is 11.6 Å². The van der Waals surface area contributed by atoms with Crippen molar-refractivity contribution in [2.24, 2.45) is 17.6 Å². The number of nitrogens with two attached hydrogens (primary N) is 1. The molecule has 1 fully saturated rings. The number of nitrogens with one attached hydrogen (secondary N) is 1. The first kappa shape index (κ1) is 27.4. The summed E-state index contributed by atoms with van der Waals surface area (Å²) in [6.07, 6.45) is 1.94. The Labute approximate surface area is 220 Å². The van der Waals surface area contributed by atoms with E-state index in [0.29, 0.717) is 17.7 Å². The lowest BCUT2D eigenvalue weighted by molar-refractivity contribution is -0.153. The minimum atomic E-state index is -2.66. The van der Waals surface area contributed by atoms with E-state index in [0.717, 1.165) is 5.69 Å². The lowest BCUT2D eigenvalue weighted by Crippen LogP contribution is -2.65. The molecule has 1 aromatic carbocycles. The quantitative estimate of drug-likeness (QED) is 0.165. The predicted octanol–water partition coefficient (Wildman–Crippen LogP) is 0.306. The van der Waals surface area contributed by atoms with Crippen LogP contribution in [0.15, 0.2) is 35.6 Å². The summed E-state index contributed by atoms with van der Waals surface area (Å²) in [7, 11) is 6.78. The fourth-order valence-corrected chi connectivity index (χ4v) is 6.19. The third-order valence-corrected chi connectivity index (χ3v) is 7.86. The highest BCUT2D eigenvalue weighted by molar-refractivity contribution is 6.24. The van der Waals surface area contributed by atoms with Gasteiger partial charge in [0.2, 0.25) is 5.78 Å². The van der Waals surface area contributed by atoms with Crippen LogP contribution in [-0.2, 0) is 27.3 Å². The van der Waals surface area contributed by atoms with Gasteiger partial charge in [-0.2, -0.15) is 0 Å². The molecule has 0 aliphatic heterocycles. The van der Waals surface area contributed by atoms with Crippen molar-refractivity contribution in [2.75, 3.05) is 39.6 Å². The van der Waals surface area contributed by atoms with Gasteiger partial charge in [-0.05, 0) is 44.5 Å². The molecule has 0 unspecified atom stereocenters. The number of phenols is 1. The second kappa shape index (κ2) is 9.57. The Hall–Kier alpha value is -3.67. The number of nitrogens with zero attached hydrogens (tertiary/aromatic N) is 2. The van der Waals surface area contributed by atoms with E-state index in [4.69, 9.17) is 5.73 Å². The third kappa shape index (κ3) is 3.80. The number of amides is 1. The van der Waals surface area contributed by atoms with Crippen LogP contribution in [0.4, 0.5) is 5.69 Å². The van der Waals surface area contributed by atoms with Crippen LogP contribution in [0.5, 0.6) is 5.75 Å². The molecule has 38 heavy (non-hydrogen) atoms. The molecule has 0 bridgehead atoms. The molecule has 3 aliphatic rings. The van der Waals surface area contributed by atoms with Crippen molar-refractivity contribution in [2.45, 2.75) is 31.0 Å². The van der Waals surface area contributed by atoms with Crippen LogP contribution in [-0.4, -0.2) is 89.2 Å². The van der Waals surface area contributed by atoms with E-state index in [1.807, 2.05) is 25.1 Å². The Morgan fingerprint density at radius 3 is 2.45 bits per heavy atom. The number of benzene rings is 1. The lowest BCUT2D eigenvalue weighted by Gasteiger charge is -2.50. The van der Waals surface area contributed by atoms with Crippen LogP contribution in [0.2, 0.25) is 0 Å². The van der Waals surface area contributed by atoms with Crippen molar-refractivity contribution < 1.29 is 34.8 Å². The van der Waals surface area contributed by atoms with Gasteiger partial charge in [0, 0.05) is 49.9 Å². The van der Waals surface area contributed by atoms with E-state index in [2.05, 4.69) is 11.9 Å². The third-order valence-electron chi connectivity index (χ3n) is 7.86. The molecule has 4 atom stereocenters. The summed E-state index contributed by atoms with van der Waals surface area (Å²) in [5, 5.41) is 48.4. The van der Waals surface area contributed by atoms with E-state index >= 15 is 0 Å². The first-order chi connectivity index (χ1) is 17.8. The number of ketones is 2.